The second-order valence-electron chi connectivity index (χ2n) is 7.41. The number of nitrogens with one attached hydrogen (secondary N) is 1. The average molecular weight is 470 g/mol. The van der Waals surface area contributed by atoms with Crippen molar-refractivity contribution < 1.29 is 24.2 Å². The second kappa shape index (κ2) is 11.5. The van der Waals surface area contributed by atoms with Crippen LogP contribution in [0.2, 0.25) is 10.0 Å². The molecule has 0 saturated carbocycles. The number of aromatic amines is 1. The van der Waals surface area contributed by atoms with Crippen molar-refractivity contribution in [1.29, 1.82) is 0 Å². The maximum Gasteiger partial charge on any atom is 0.422 e. The number of nitrogens with zero attached hydrogens (tertiary/aromatic N) is 2. The van der Waals surface area contributed by atoms with Crippen LogP contribution in [0.4, 0.5) is 0 Å². The molecule has 1 aliphatic heterocycles. The smallest absolute Gasteiger partial charge is 0.422 e. The summed E-state index contributed by atoms with van der Waals surface area (Å²) in [5.41, 5.74) is 2.85. The van der Waals surface area contributed by atoms with Crippen LogP contribution >= 0.6 is 23.2 Å². The predicted octanol–water partition coefficient (Wildman–Crippen LogP) is 3.54. The summed E-state index contributed by atoms with van der Waals surface area (Å²) >= 11 is 11.2. The van der Waals surface area contributed by atoms with Gasteiger partial charge in [-0.15, -0.1) is 0 Å². The Hall–Kier alpha value is -2.13. The van der Waals surface area contributed by atoms with Gasteiger partial charge in [-0.1, -0.05) is 23.2 Å². The van der Waals surface area contributed by atoms with E-state index >= 15 is 0 Å². The molecule has 1 aromatic carbocycles. The first-order valence-corrected chi connectivity index (χ1v) is 10.9. The third-order valence-corrected chi connectivity index (χ3v) is 6.08. The zero-order chi connectivity index (χ0) is 22.2. The maximum absolute atomic E-state index is 10.6. The fourth-order valence-electron chi connectivity index (χ4n) is 3.71. The molecule has 10 heteroatoms. The molecule has 0 amide bonds. The molecule has 8 nitrogen and oxygen atoms in total. The Labute approximate surface area is 190 Å². The highest BCUT2D eigenvalue weighted by Gasteiger charge is 2.22. The van der Waals surface area contributed by atoms with E-state index in [-0.39, 0.29) is 10.8 Å². The number of aliphatic carboxylic acids is 1. The van der Waals surface area contributed by atoms with E-state index in [2.05, 4.69) is 19.8 Å². The Morgan fingerprint density at radius 3 is 2.74 bits per heavy atom. The van der Waals surface area contributed by atoms with Crippen LogP contribution in [0.15, 0.2) is 24.4 Å². The number of ether oxygens (including phenoxy) is 2. The molecule has 1 aliphatic carbocycles. The van der Waals surface area contributed by atoms with E-state index in [1.807, 2.05) is 6.20 Å². The Kier molecular flexibility index (Phi) is 8.71. The minimum absolute atomic E-state index is 0.0341. The lowest BCUT2D eigenvalue weighted by Crippen LogP contribution is -2.37. The van der Waals surface area contributed by atoms with Gasteiger partial charge in [0, 0.05) is 24.8 Å². The van der Waals surface area contributed by atoms with Crippen LogP contribution in [-0.2, 0) is 20.7 Å². The predicted molar refractivity (Wildman–Crippen MR) is 116 cm³/mol. The highest BCUT2D eigenvalue weighted by molar-refractivity contribution is 6.42. The minimum Gasteiger partial charge on any atom is -0.473 e. The lowest BCUT2D eigenvalue weighted by molar-refractivity contribution is -0.158. The van der Waals surface area contributed by atoms with Gasteiger partial charge in [0.05, 0.1) is 29.5 Å². The SMILES string of the molecule is O=C(O)C(=O)Oc1ccc(Cl)c(Cl)c1.c1n[nH]c2c1C(CCN1CCOCC1)CCC2. The monoisotopic (exact) mass is 469 g/mol. The van der Waals surface area contributed by atoms with Gasteiger partial charge in [-0.25, -0.2) is 9.59 Å². The number of hydrogen-bond acceptors (Lipinski definition) is 6. The number of H-pyrrole nitrogens is 1. The molecule has 0 spiro atoms. The Morgan fingerprint density at radius 1 is 1.26 bits per heavy atom. The summed E-state index contributed by atoms with van der Waals surface area (Å²) in [4.78, 5) is 23.3. The van der Waals surface area contributed by atoms with Crippen LogP contribution < -0.4 is 4.74 Å². The van der Waals surface area contributed by atoms with Crippen LogP contribution in [0.1, 0.15) is 36.4 Å². The topological polar surface area (TPSA) is 105 Å². The molecule has 1 atom stereocenters. The van der Waals surface area contributed by atoms with Crippen LogP contribution in [0.25, 0.3) is 0 Å². The molecule has 168 valence electrons. The Morgan fingerprint density at radius 2 is 2.03 bits per heavy atom. The third kappa shape index (κ3) is 6.93. The molecule has 2 N–H and O–H groups in total. The third-order valence-electron chi connectivity index (χ3n) is 5.34. The van der Waals surface area contributed by atoms with E-state index in [9.17, 15) is 9.59 Å². The van der Waals surface area contributed by atoms with E-state index in [0.29, 0.717) is 5.02 Å². The number of morpholine rings is 1. The normalized spacial score (nSPS) is 18.5. The van der Waals surface area contributed by atoms with E-state index in [1.54, 1.807) is 0 Å². The number of carboxylic acid groups (broad SMARTS) is 1. The van der Waals surface area contributed by atoms with Crippen molar-refractivity contribution in [3.05, 3.63) is 45.7 Å². The molecular formula is C21H25Cl2N3O5. The van der Waals surface area contributed by atoms with Gasteiger partial charge in [0.2, 0.25) is 0 Å². The van der Waals surface area contributed by atoms with E-state index in [4.69, 9.17) is 33.0 Å². The second-order valence-corrected chi connectivity index (χ2v) is 8.22. The summed E-state index contributed by atoms with van der Waals surface area (Å²) < 4.78 is 9.81. The van der Waals surface area contributed by atoms with Gasteiger partial charge in [0.1, 0.15) is 5.75 Å². The van der Waals surface area contributed by atoms with Gasteiger partial charge in [-0.05, 0) is 55.8 Å². The number of aryl methyl sites for hydroxylation is 1. The molecule has 31 heavy (non-hydrogen) atoms. The molecule has 1 unspecified atom stereocenters. The number of rotatable bonds is 4. The minimum atomic E-state index is -1.67. The van der Waals surface area contributed by atoms with Crippen molar-refractivity contribution in [1.82, 2.24) is 15.1 Å². The summed E-state index contributed by atoms with van der Waals surface area (Å²) in [6.45, 7) is 5.22. The van der Waals surface area contributed by atoms with Gasteiger partial charge in [-0.3, -0.25) is 10.00 Å². The zero-order valence-corrected chi connectivity index (χ0v) is 18.5. The van der Waals surface area contributed by atoms with Crippen molar-refractivity contribution in [2.75, 3.05) is 32.8 Å². The lowest BCUT2D eigenvalue weighted by atomic mass is 9.85. The zero-order valence-electron chi connectivity index (χ0n) is 17.0. The number of esters is 1. The number of halogens is 2. The first kappa shape index (κ1) is 23.5. The highest BCUT2D eigenvalue weighted by atomic mass is 35.5. The fraction of sp³-hybridized carbons (Fsp3) is 0.476. The number of fused-ring (bicyclic) bond motifs is 1. The van der Waals surface area contributed by atoms with Crippen LogP contribution in [0, 0.1) is 0 Å². The standard InChI is InChI=1S/C13H21N3O.C8H4Cl2O4/c1-2-11(12-10-14-15-13(12)3-1)4-5-16-6-8-17-9-7-16;9-5-2-1-4(3-6(5)10)14-8(13)7(11)12/h10-11H,1-9H2,(H,14,15);1-3H,(H,11,12). The van der Waals surface area contributed by atoms with Crippen molar-refractivity contribution in [2.24, 2.45) is 0 Å². The quantitative estimate of drug-likeness (QED) is 0.400. The van der Waals surface area contributed by atoms with Gasteiger partial charge in [-0.2, -0.15) is 5.10 Å². The van der Waals surface area contributed by atoms with Gasteiger partial charge < -0.3 is 14.6 Å². The summed E-state index contributed by atoms with van der Waals surface area (Å²) in [6.07, 6.45) is 7.13. The van der Waals surface area contributed by atoms with Crippen molar-refractivity contribution in [3.63, 3.8) is 0 Å². The lowest BCUT2D eigenvalue weighted by Gasteiger charge is -2.29. The number of benzene rings is 1. The molecular weight excluding hydrogens is 445 g/mol. The summed E-state index contributed by atoms with van der Waals surface area (Å²) in [5, 5.41) is 16.0. The van der Waals surface area contributed by atoms with Crippen LogP contribution in [-0.4, -0.2) is 65.0 Å². The van der Waals surface area contributed by atoms with Gasteiger partial charge in [0.25, 0.3) is 0 Å². The van der Waals surface area contributed by atoms with Crippen molar-refractivity contribution >= 4 is 35.1 Å². The van der Waals surface area contributed by atoms with Crippen LogP contribution in [0.5, 0.6) is 5.75 Å². The maximum atomic E-state index is 10.6. The van der Waals surface area contributed by atoms with E-state index in [0.717, 1.165) is 32.2 Å². The fourth-order valence-corrected chi connectivity index (χ4v) is 4.00. The Balaban J connectivity index is 0.000000180. The average Bonchev–Trinajstić information content (AvgIpc) is 3.25. The van der Waals surface area contributed by atoms with E-state index in [1.165, 1.54) is 61.7 Å². The number of carbonyl (C=O) groups excluding carboxylic acids is 1. The summed E-state index contributed by atoms with van der Waals surface area (Å²) in [7, 11) is 0. The highest BCUT2D eigenvalue weighted by Crippen LogP contribution is 2.32. The van der Waals surface area contributed by atoms with Gasteiger partial charge in [0.15, 0.2) is 0 Å². The number of hydrogen-bond donors (Lipinski definition) is 2. The molecule has 2 heterocycles. The van der Waals surface area contributed by atoms with Crippen molar-refractivity contribution in [3.8, 4) is 5.75 Å². The summed E-state index contributed by atoms with van der Waals surface area (Å²) in [5.74, 6) is -2.29. The molecule has 2 aromatic rings. The van der Waals surface area contributed by atoms with E-state index < -0.39 is 11.9 Å². The summed E-state index contributed by atoms with van der Waals surface area (Å²) in [6, 6.07) is 3.99. The van der Waals surface area contributed by atoms with Crippen LogP contribution in [0.3, 0.4) is 0 Å². The molecule has 0 bridgehead atoms. The number of carbonyl (C=O) groups is 2. The first-order valence-electron chi connectivity index (χ1n) is 10.2. The molecule has 2 aliphatic rings. The molecule has 1 aromatic heterocycles. The molecule has 1 fully saturated rings. The van der Waals surface area contributed by atoms with Crippen molar-refractivity contribution in [2.45, 2.75) is 31.6 Å². The molecule has 1 saturated heterocycles. The molecule has 4 rings (SSSR count). The first-order chi connectivity index (χ1) is 14.9. The number of carboxylic acids is 1. The molecule has 0 radical (unpaired) electrons. The Bertz CT molecular complexity index is 899. The van der Waals surface area contributed by atoms with Gasteiger partial charge >= 0.3 is 11.9 Å². The number of aromatic nitrogens is 2. The largest absolute Gasteiger partial charge is 0.473 e.